The topological polar surface area (TPSA) is 42.4 Å². The molecule has 0 saturated heterocycles. The second-order valence-electron chi connectivity index (χ2n) is 3.59. The Labute approximate surface area is 99.2 Å². The highest BCUT2D eigenvalue weighted by molar-refractivity contribution is 5.31. The lowest BCUT2D eigenvalue weighted by atomic mass is 10.2. The number of rotatable bonds is 4. The van der Waals surface area contributed by atoms with Crippen LogP contribution in [0.3, 0.4) is 0 Å². The van der Waals surface area contributed by atoms with Gasteiger partial charge in [-0.3, -0.25) is 4.98 Å². The van der Waals surface area contributed by atoms with Crippen LogP contribution in [0.4, 0.5) is 22.0 Å². The SMILES string of the molecule is Cc1cnc(CO)cc1OCC(F)(F)C(F)(F)F. The Bertz CT molecular complexity index is 419. The summed E-state index contributed by atoms with van der Waals surface area (Å²) in [4.78, 5) is 3.71. The lowest BCUT2D eigenvalue weighted by molar-refractivity contribution is -0.290. The molecule has 0 aliphatic carbocycles. The standard InChI is InChI=1S/C10H10F5NO2/c1-6-3-16-7(4-17)2-8(6)18-5-9(11,12)10(13,14)15/h2-3,17H,4-5H2,1H3. The minimum Gasteiger partial charge on any atom is -0.487 e. The fourth-order valence-corrected chi connectivity index (χ4v) is 1.04. The van der Waals surface area contributed by atoms with Crippen molar-refractivity contribution in [1.82, 2.24) is 4.98 Å². The Kier molecular flexibility index (Phi) is 4.10. The molecule has 0 aliphatic heterocycles. The van der Waals surface area contributed by atoms with Crippen LogP contribution < -0.4 is 4.74 Å². The van der Waals surface area contributed by atoms with Gasteiger partial charge in [-0.15, -0.1) is 0 Å². The van der Waals surface area contributed by atoms with Crippen LogP contribution in [0.5, 0.6) is 5.75 Å². The highest BCUT2D eigenvalue weighted by Crippen LogP contribution is 2.36. The molecular weight excluding hydrogens is 261 g/mol. The number of ether oxygens (including phenoxy) is 1. The molecule has 1 N–H and O–H groups in total. The summed E-state index contributed by atoms with van der Waals surface area (Å²) in [5.41, 5.74) is 0.413. The predicted octanol–water partition coefficient (Wildman–Crippen LogP) is 2.46. The first-order valence-electron chi connectivity index (χ1n) is 4.81. The van der Waals surface area contributed by atoms with Crippen molar-refractivity contribution in [2.45, 2.75) is 25.6 Å². The molecule has 8 heteroatoms. The molecule has 1 heterocycles. The first kappa shape index (κ1) is 14.6. The Hall–Kier alpha value is -1.44. The predicted molar refractivity (Wildman–Crippen MR) is 51.4 cm³/mol. The second-order valence-corrected chi connectivity index (χ2v) is 3.59. The van der Waals surface area contributed by atoms with Gasteiger partial charge in [0.25, 0.3) is 0 Å². The fraction of sp³-hybridized carbons (Fsp3) is 0.500. The summed E-state index contributed by atoms with van der Waals surface area (Å²) in [6.07, 6.45) is -4.44. The molecule has 0 bridgehead atoms. The van der Waals surface area contributed by atoms with Crippen molar-refractivity contribution in [3.63, 3.8) is 0 Å². The van der Waals surface area contributed by atoms with Crippen molar-refractivity contribution in [3.8, 4) is 5.75 Å². The third-order valence-electron chi connectivity index (χ3n) is 2.10. The van der Waals surface area contributed by atoms with Crippen LogP contribution >= 0.6 is 0 Å². The second kappa shape index (κ2) is 5.05. The van der Waals surface area contributed by atoms with Gasteiger partial charge in [-0.1, -0.05) is 0 Å². The smallest absolute Gasteiger partial charge is 0.456 e. The van der Waals surface area contributed by atoms with Gasteiger partial charge in [-0.25, -0.2) is 0 Å². The fourth-order valence-electron chi connectivity index (χ4n) is 1.04. The molecule has 0 saturated carbocycles. The van der Waals surface area contributed by atoms with Gasteiger partial charge in [0, 0.05) is 17.8 Å². The quantitative estimate of drug-likeness (QED) is 0.855. The summed E-state index contributed by atoms with van der Waals surface area (Å²) in [5, 5.41) is 8.76. The van der Waals surface area contributed by atoms with E-state index >= 15 is 0 Å². The maximum absolute atomic E-state index is 12.6. The summed E-state index contributed by atoms with van der Waals surface area (Å²) in [6.45, 7) is -0.840. The lowest BCUT2D eigenvalue weighted by Crippen LogP contribution is -2.41. The summed E-state index contributed by atoms with van der Waals surface area (Å²) < 4.78 is 65.4. The molecule has 0 amide bonds. The minimum absolute atomic E-state index is 0.117. The molecular formula is C10H10F5NO2. The van der Waals surface area contributed by atoms with E-state index in [1.807, 2.05) is 0 Å². The number of halogens is 5. The largest absolute Gasteiger partial charge is 0.487 e. The van der Waals surface area contributed by atoms with Crippen LogP contribution in [0.25, 0.3) is 0 Å². The van der Waals surface area contributed by atoms with Crippen molar-refractivity contribution in [1.29, 1.82) is 0 Å². The van der Waals surface area contributed by atoms with Crippen LogP contribution in [0.15, 0.2) is 12.3 Å². The Balaban J connectivity index is 2.80. The van der Waals surface area contributed by atoms with Crippen molar-refractivity contribution in [2.24, 2.45) is 0 Å². The average molecular weight is 271 g/mol. The molecule has 1 aromatic rings. The number of aliphatic hydroxyl groups is 1. The van der Waals surface area contributed by atoms with E-state index in [9.17, 15) is 22.0 Å². The van der Waals surface area contributed by atoms with E-state index in [0.29, 0.717) is 5.56 Å². The van der Waals surface area contributed by atoms with Gasteiger partial charge in [0.2, 0.25) is 0 Å². The molecule has 1 rings (SSSR count). The minimum atomic E-state index is -5.66. The zero-order valence-corrected chi connectivity index (χ0v) is 9.26. The number of hydrogen-bond donors (Lipinski definition) is 1. The highest BCUT2D eigenvalue weighted by Gasteiger charge is 2.58. The lowest BCUT2D eigenvalue weighted by Gasteiger charge is -2.20. The zero-order chi connectivity index (χ0) is 14.0. The number of aryl methyl sites for hydroxylation is 1. The van der Waals surface area contributed by atoms with Crippen molar-refractivity contribution < 1.29 is 31.8 Å². The molecule has 0 spiro atoms. The molecule has 0 fully saturated rings. The molecule has 102 valence electrons. The summed E-state index contributed by atoms with van der Waals surface area (Å²) >= 11 is 0. The van der Waals surface area contributed by atoms with E-state index in [2.05, 4.69) is 9.72 Å². The van der Waals surface area contributed by atoms with E-state index in [-0.39, 0.29) is 11.4 Å². The van der Waals surface area contributed by atoms with Crippen LogP contribution in [0, 0.1) is 6.92 Å². The van der Waals surface area contributed by atoms with Gasteiger partial charge >= 0.3 is 12.1 Å². The zero-order valence-electron chi connectivity index (χ0n) is 9.26. The first-order chi connectivity index (χ1) is 8.17. The number of nitrogens with zero attached hydrogens (tertiary/aromatic N) is 1. The van der Waals surface area contributed by atoms with E-state index in [0.717, 1.165) is 6.07 Å². The third kappa shape index (κ3) is 3.28. The summed E-state index contributed by atoms with van der Waals surface area (Å²) in [6, 6.07) is 1.11. The highest BCUT2D eigenvalue weighted by atomic mass is 19.4. The number of aromatic nitrogens is 1. The molecule has 0 aromatic carbocycles. The monoisotopic (exact) mass is 271 g/mol. The number of aliphatic hydroxyl groups excluding tert-OH is 1. The van der Waals surface area contributed by atoms with Crippen LogP contribution in [0.1, 0.15) is 11.3 Å². The van der Waals surface area contributed by atoms with Gasteiger partial charge < -0.3 is 9.84 Å². The molecule has 0 aliphatic rings. The average Bonchev–Trinajstić information content (AvgIpc) is 2.26. The number of hydrogen-bond acceptors (Lipinski definition) is 3. The van der Waals surface area contributed by atoms with Gasteiger partial charge in [0.05, 0.1) is 12.3 Å². The maximum Gasteiger partial charge on any atom is 0.456 e. The Morgan fingerprint density at radius 3 is 2.39 bits per heavy atom. The van der Waals surface area contributed by atoms with Crippen LogP contribution in [-0.4, -0.2) is 28.8 Å². The molecule has 18 heavy (non-hydrogen) atoms. The van der Waals surface area contributed by atoms with Gasteiger partial charge in [-0.2, -0.15) is 22.0 Å². The van der Waals surface area contributed by atoms with Crippen LogP contribution in [0.2, 0.25) is 0 Å². The first-order valence-corrected chi connectivity index (χ1v) is 4.81. The van der Waals surface area contributed by atoms with Crippen molar-refractivity contribution in [3.05, 3.63) is 23.5 Å². The van der Waals surface area contributed by atoms with E-state index in [1.54, 1.807) is 0 Å². The Morgan fingerprint density at radius 2 is 1.89 bits per heavy atom. The van der Waals surface area contributed by atoms with E-state index < -0.39 is 25.3 Å². The summed E-state index contributed by atoms with van der Waals surface area (Å²) in [7, 11) is 0. The molecule has 1 aromatic heterocycles. The van der Waals surface area contributed by atoms with Crippen molar-refractivity contribution in [2.75, 3.05) is 6.61 Å². The number of alkyl halides is 5. The molecule has 0 unspecified atom stereocenters. The number of pyridine rings is 1. The van der Waals surface area contributed by atoms with Crippen LogP contribution in [-0.2, 0) is 6.61 Å². The molecule has 0 radical (unpaired) electrons. The summed E-state index contributed by atoms with van der Waals surface area (Å²) in [5.74, 6) is -5.10. The van der Waals surface area contributed by atoms with Gasteiger partial charge in [0.15, 0.2) is 6.61 Å². The van der Waals surface area contributed by atoms with Gasteiger partial charge in [-0.05, 0) is 6.92 Å². The maximum atomic E-state index is 12.6. The Morgan fingerprint density at radius 1 is 1.28 bits per heavy atom. The van der Waals surface area contributed by atoms with E-state index in [1.165, 1.54) is 13.1 Å². The van der Waals surface area contributed by atoms with Crippen molar-refractivity contribution >= 4 is 0 Å². The van der Waals surface area contributed by atoms with Gasteiger partial charge in [0.1, 0.15) is 5.75 Å². The normalized spacial score (nSPS) is 12.6. The third-order valence-corrected chi connectivity index (χ3v) is 2.10. The van der Waals surface area contributed by atoms with E-state index in [4.69, 9.17) is 5.11 Å². The molecule has 3 nitrogen and oxygen atoms in total. The molecule has 0 atom stereocenters.